The summed E-state index contributed by atoms with van der Waals surface area (Å²) in [5.74, 6) is 0.267. The quantitative estimate of drug-likeness (QED) is 0.654. The minimum Gasteiger partial charge on any atom is -0.503 e. The van der Waals surface area contributed by atoms with Crippen LogP contribution < -0.4 is 10.2 Å². The number of furan rings is 1. The number of rotatable bonds is 5. The standard InChI is InChI=1S/C15H15ClN2O4/c1-3-21-13-7-10(6-12(16)14(13)19)8-17-18-15(20)11-4-5-22-9(11)2/h4-8,19H,3H2,1-2H3,(H,18,20). The van der Waals surface area contributed by atoms with Crippen LogP contribution in [0.2, 0.25) is 5.02 Å². The molecule has 0 radical (unpaired) electrons. The van der Waals surface area contributed by atoms with Crippen molar-refractivity contribution in [1.29, 1.82) is 0 Å². The Labute approximate surface area is 132 Å². The molecule has 0 saturated heterocycles. The van der Waals surface area contributed by atoms with Crippen molar-refractivity contribution in [3.8, 4) is 11.5 Å². The first-order valence-electron chi connectivity index (χ1n) is 6.55. The van der Waals surface area contributed by atoms with E-state index in [1.54, 1.807) is 26.0 Å². The molecule has 0 aliphatic carbocycles. The van der Waals surface area contributed by atoms with Gasteiger partial charge in [-0.3, -0.25) is 4.79 Å². The predicted molar refractivity (Wildman–Crippen MR) is 82.8 cm³/mol. The van der Waals surface area contributed by atoms with Crippen LogP contribution in [0.1, 0.15) is 28.6 Å². The molecule has 0 aliphatic heterocycles. The molecular weight excluding hydrogens is 308 g/mol. The number of carbonyl (C=O) groups is 1. The number of benzene rings is 1. The topological polar surface area (TPSA) is 84.1 Å². The average molecular weight is 323 g/mol. The number of hydrogen-bond donors (Lipinski definition) is 2. The highest BCUT2D eigenvalue weighted by molar-refractivity contribution is 6.32. The molecule has 116 valence electrons. The van der Waals surface area contributed by atoms with Gasteiger partial charge in [-0.1, -0.05) is 11.6 Å². The molecule has 2 aromatic rings. The van der Waals surface area contributed by atoms with E-state index in [1.165, 1.54) is 18.5 Å². The number of aromatic hydroxyl groups is 1. The number of phenols is 1. The highest BCUT2D eigenvalue weighted by Gasteiger charge is 2.11. The van der Waals surface area contributed by atoms with Gasteiger partial charge in [0.15, 0.2) is 11.5 Å². The predicted octanol–water partition coefficient (Wildman–Crippen LogP) is 3.11. The summed E-state index contributed by atoms with van der Waals surface area (Å²) >= 11 is 5.91. The first-order chi connectivity index (χ1) is 10.5. The van der Waals surface area contributed by atoms with Crippen molar-refractivity contribution in [3.05, 3.63) is 46.4 Å². The molecule has 1 aromatic heterocycles. The van der Waals surface area contributed by atoms with Gasteiger partial charge in [-0.2, -0.15) is 5.10 Å². The Hall–Kier alpha value is -2.47. The fourth-order valence-corrected chi connectivity index (χ4v) is 2.00. The Morgan fingerprint density at radius 2 is 2.32 bits per heavy atom. The summed E-state index contributed by atoms with van der Waals surface area (Å²) in [7, 11) is 0. The number of amides is 1. The summed E-state index contributed by atoms with van der Waals surface area (Å²) in [6.45, 7) is 3.87. The maximum absolute atomic E-state index is 11.8. The van der Waals surface area contributed by atoms with E-state index in [4.69, 9.17) is 20.8 Å². The molecule has 1 aromatic carbocycles. The van der Waals surface area contributed by atoms with E-state index in [1.807, 2.05) is 0 Å². The minimum atomic E-state index is -0.377. The van der Waals surface area contributed by atoms with Crippen LogP contribution in [0, 0.1) is 6.92 Å². The van der Waals surface area contributed by atoms with Crippen molar-refractivity contribution in [3.63, 3.8) is 0 Å². The number of ether oxygens (including phenoxy) is 1. The molecule has 2 rings (SSSR count). The molecule has 0 fully saturated rings. The summed E-state index contributed by atoms with van der Waals surface area (Å²) in [5, 5.41) is 13.7. The molecule has 0 unspecified atom stereocenters. The van der Waals surface area contributed by atoms with Crippen LogP contribution in [-0.2, 0) is 0 Å². The number of nitrogens with one attached hydrogen (secondary N) is 1. The lowest BCUT2D eigenvalue weighted by atomic mass is 10.2. The van der Waals surface area contributed by atoms with Crippen LogP contribution in [-0.4, -0.2) is 23.8 Å². The first-order valence-corrected chi connectivity index (χ1v) is 6.93. The Balaban J connectivity index is 2.10. The summed E-state index contributed by atoms with van der Waals surface area (Å²) in [5.41, 5.74) is 3.38. The van der Waals surface area contributed by atoms with E-state index in [9.17, 15) is 9.90 Å². The lowest BCUT2D eigenvalue weighted by Crippen LogP contribution is -2.17. The molecule has 1 heterocycles. The van der Waals surface area contributed by atoms with Crippen LogP contribution in [0.4, 0.5) is 0 Å². The number of nitrogens with zero attached hydrogens (tertiary/aromatic N) is 1. The Morgan fingerprint density at radius 3 is 2.95 bits per heavy atom. The van der Waals surface area contributed by atoms with Crippen molar-refractivity contribution in [2.24, 2.45) is 5.10 Å². The summed E-state index contributed by atoms with van der Waals surface area (Å²) < 4.78 is 10.3. The van der Waals surface area contributed by atoms with Crippen molar-refractivity contribution >= 4 is 23.7 Å². The van der Waals surface area contributed by atoms with Gasteiger partial charge in [-0.05, 0) is 37.6 Å². The monoisotopic (exact) mass is 322 g/mol. The highest BCUT2D eigenvalue weighted by Crippen LogP contribution is 2.34. The summed E-state index contributed by atoms with van der Waals surface area (Å²) in [6, 6.07) is 4.65. The lowest BCUT2D eigenvalue weighted by Gasteiger charge is -2.08. The molecule has 6 nitrogen and oxygen atoms in total. The Bertz CT molecular complexity index is 710. The van der Waals surface area contributed by atoms with Crippen LogP contribution >= 0.6 is 11.6 Å². The molecule has 0 aliphatic rings. The molecule has 0 atom stereocenters. The van der Waals surface area contributed by atoms with Gasteiger partial charge in [0.05, 0.1) is 29.7 Å². The zero-order chi connectivity index (χ0) is 16.1. The number of hydrogen-bond acceptors (Lipinski definition) is 5. The van der Waals surface area contributed by atoms with E-state index in [0.717, 1.165) is 0 Å². The zero-order valence-electron chi connectivity index (χ0n) is 12.1. The fourth-order valence-electron chi connectivity index (χ4n) is 1.78. The SMILES string of the molecule is CCOc1cc(C=NNC(=O)c2ccoc2C)cc(Cl)c1O. The third-order valence-corrected chi connectivity index (χ3v) is 3.12. The van der Waals surface area contributed by atoms with Gasteiger partial charge in [0.25, 0.3) is 5.91 Å². The molecule has 2 N–H and O–H groups in total. The van der Waals surface area contributed by atoms with E-state index in [0.29, 0.717) is 23.5 Å². The normalized spacial score (nSPS) is 10.9. The molecule has 0 bridgehead atoms. The van der Waals surface area contributed by atoms with Crippen molar-refractivity contribution in [2.45, 2.75) is 13.8 Å². The van der Waals surface area contributed by atoms with Crippen LogP contribution in [0.25, 0.3) is 0 Å². The smallest absolute Gasteiger partial charge is 0.274 e. The second kappa shape index (κ2) is 7.00. The molecule has 1 amide bonds. The summed E-state index contributed by atoms with van der Waals surface area (Å²) in [4.78, 5) is 11.8. The fraction of sp³-hybridized carbons (Fsp3) is 0.200. The number of halogens is 1. The van der Waals surface area contributed by atoms with Gasteiger partial charge in [0.1, 0.15) is 5.76 Å². The van der Waals surface area contributed by atoms with Crippen LogP contribution in [0.5, 0.6) is 11.5 Å². The largest absolute Gasteiger partial charge is 0.503 e. The molecule has 7 heteroatoms. The van der Waals surface area contributed by atoms with E-state index in [-0.39, 0.29) is 22.4 Å². The minimum absolute atomic E-state index is 0.126. The average Bonchev–Trinajstić information content (AvgIpc) is 2.90. The Kier molecular flexibility index (Phi) is 5.06. The van der Waals surface area contributed by atoms with Gasteiger partial charge < -0.3 is 14.3 Å². The van der Waals surface area contributed by atoms with Crippen molar-refractivity contribution in [1.82, 2.24) is 5.43 Å². The lowest BCUT2D eigenvalue weighted by molar-refractivity contribution is 0.0953. The second-order valence-electron chi connectivity index (χ2n) is 4.37. The molecule has 0 saturated carbocycles. The number of carbonyl (C=O) groups excluding carboxylic acids is 1. The van der Waals surface area contributed by atoms with Crippen LogP contribution in [0.15, 0.2) is 34.0 Å². The zero-order valence-corrected chi connectivity index (χ0v) is 12.8. The molecule has 22 heavy (non-hydrogen) atoms. The maximum Gasteiger partial charge on any atom is 0.274 e. The van der Waals surface area contributed by atoms with Gasteiger partial charge in [0.2, 0.25) is 0 Å². The van der Waals surface area contributed by atoms with E-state index >= 15 is 0 Å². The van der Waals surface area contributed by atoms with Gasteiger partial charge in [-0.15, -0.1) is 0 Å². The first kappa shape index (κ1) is 15.9. The number of hydrazone groups is 1. The van der Waals surface area contributed by atoms with Crippen molar-refractivity contribution in [2.75, 3.05) is 6.61 Å². The number of phenolic OH excluding ortho intramolecular Hbond substituents is 1. The maximum atomic E-state index is 11.8. The summed E-state index contributed by atoms with van der Waals surface area (Å²) in [6.07, 6.45) is 2.84. The molecule has 0 spiro atoms. The van der Waals surface area contributed by atoms with E-state index < -0.39 is 0 Å². The third-order valence-electron chi connectivity index (χ3n) is 2.83. The van der Waals surface area contributed by atoms with Gasteiger partial charge >= 0.3 is 0 Å². The van der Waals surface area contributed by atoms with Gasteiger partial charge in [-0.25, -0.2) is 5.43 Å². The number of aryl methyl sites for hydroxylation is 1. The third kappa shape index (κ3) is 3.59. The highest BCUT2D eigenvalue weighted by atomic mass is 35.5. The Morgan fingerprint density at radius 1 is 1.55 bits per heavy atom. The molecular formula is C15H15ClN2O4. The van der Waals surface area contributed by atoms with E-state index in [2.05, 4.69) is 10.5 Å². The second-order valence-corrected chi connectivity index (χ2v) is 4.78. The van der Waals surface area contributed by atoms with Crippen LogP contribution in [0.3, 0.4) is 0 Å². The van der Waals surface area contributed by atoms with Crippen molar-refractivity contribution < 1.29 is 19.1 Å². The van der Waals surface area contributed by atoms with Gasteiger partial charge in [0, 0.05) is 0 Å².